The van der Waals surface area contributed by atoms with Crippen molar-refractivity contribution in [1.29, 1.82) is 0 Å². The Kier molecular flexibility index (Phi) is 5.26. The molecule has 0 unspecified atom stereocenters. The zero-order chi connectivity index (χ0) is 20.7. The Morgan fingerprint density at radius 3 is 2.70 bits per heavy atom. The second-order valence-electron chi connectivity index (χ2n) is 8.94. The highest BCUT2D eigenvalue weighted by Crippen LogP contribution is 2.39. The van der Waals surface area contributed by atoms with E-state index < -0.39 is 12.2 Å². The molecule has 1 saturated heterocycles. The molecule has 0 spiro atoms. The van der Waals surface area contributed by atoms with Crippen molar-refractivity contribution in [3.8, 4) is 0 Å². The second kappa shape index (κ2) is 8.06. The van der Waals surface area contributed by atoms with Gasteiger partial charge < -0.3 is 5.32 Å². The SMILES string of the molecule is O=C(Cn1nc(CF)c2nc(C3CC3)ccc2c1=O)N[C@@H]1CCCN(C2CCC2)C1. The number of carbonyl (C=O) groups excluding carboxylic acids is 1. The van der Waals surface area contributed by atoms with Crippen LogP contribution in [0.3, 0.4) is 0 Å². The molecule has 0 aromatic carbocycles. The van der Waals surface area contributed by atoms with Crippen molar-refractivity contribution in [1.82, 2.24) is 25.0 Å². The standard InChI is InChI=1S/C22H28FN5O2/c23-11-19-21-17(8-9-18(25-21)14-6-7-14)22(30)28(26-19)13-20(29)24-15-3-2-10-27(12-15)16-4-1-5-16/h8-9,14-16H,1-7,10-13H2,(H,24,29)/t15-/m1/s1. The minimum Gasteiger partial charge on any atom is -0.350 e. The summed E-state index contributed by atoms with van der Waals surface area (Å²) >= 11 is 0. The van der Waals surface area contributed by atoms with E-state index in [4.69, 9.17) is 0 Å². The van der Waals surface area contributed by atoms with Crippen LogP contribution in [0.25, 0.3) is 10.9 Å². The Balaban J connectivity index is 1.31. The smallest absolute Gasteiger partial charge is 0.276 e. The highest BCUT2D eigenvalue weighted by Gasteiger charge is 2.30. The molecule has 2 aromatic heterocycles. The molecule has 160 valence electrons. The summed E-state index contributed by atoms with van der Waals surface area (Å²) in [6.07, 6.45) is 7.96. The van der Waals surface area contributed by atoms with Gasteiger partial charge in [-0.2, -0.15) is 5.10 Å². The number of amides is 1. The van der Waals surface area contributed by atoms with E-state index in [1.54, 1.807) is 6.07 Å². The van der Waals surface area contributed by atoms with E-state index in [0.29, 0.717) is 22.9 Å². The van der Waals surface area contributed by atoms with Crippen molar-refractivity contribution in [2.75, 3.05) is 13.1 Å². The summed E-state index contributed by atoms with van der Waals surface area (Å²) in [6.45, 7) is 0.934. The lowest BCUT2D eigenvalue weighted by atomic mass is 9.89. The Morgan fingerprint density at radius 1 is 1.17 bits per heavy atom. The molecule has 1 N–H and O–H groups in total. The van der Waals surface area contributed by atoms with E-state index in [2.05, 4.69) is 20.3 Å². The lowest BCUT2D eigenvalue weighted by Gasteiger charge is -2.42. The largest absolute Gasteiger partial charge is 0.350 e. The van der Waals surface area contributed by atoms with Gasteiger partial charge in [0.15, 0.2) is 0 Å². The molecule has 1 amide bonds. The summed E-state index contributed by atoms with van der Waals surface area (Å²) in [5, 5.41) is 7.51. The maximum Gasteiger partial charge on any atom is 0.276 e. The molecule has 3 fully saturated rings. The van der Waals surface area contributed by atoms with Crippen molar-refractivity contribution in [3.05, 3.63) is 33.9 Å². The van der Waals surface area contributed by atoms with Gasteiger partial charge in [0.2, 0.25) is 5.91 Å². The zero-order valence-electron chi connectivity index (χ0n) is 17.1. The van der Waals surface area contributed by atoms with Gasteiger partial charge in [-0.1, -0.05) is 6.42 Å². The molecule has 2 aliphatic carbocycles. The number of hydrogen-bond donors (Lipinski definition) is 1. The molecule has 7 nitrogen and oxygen atoms in total. The van der Waals surface area contributed by atoms with Crippen LogP contribution in [-0.4, -0.2) is 50.7 Å². The molecule has 0 bridgehead atoms. The van der Waals surface area contributed by atoms with Crippen LogP contribution in [-0.2, 0) is 18.0 Å². The molecule has 0 radical (unpaired) electrons. The minimum absolute atomic E-state index is 0.0893. The van der Waals surface area contributed by atoms with Crippen molar-refractivity contribution in [2.24, 2.45) is 0 Å². The van der Waals surface area contributed by atoms with Gasteiger partial charge in [-0.3, -0.25) is 19.5 Å². The molecule has 1 aliphatic heterocycles. The molecule has 30 heavy (non-hydrogen) atoms. The molecule has 2 saturated carbocycles. The van der Waals surface area contributed by atoms with Gasteiger partial charge in [0.1, 0.15) is 24.4 Å². The van der Waals surface area contributed by atoms with Crippen molar-refractivity contribution < 1.29 is 9.18 Å². The van der Waals surface area contributed by atoms with Gasteiger partial charge >= 0.3 is 0 Å². The average Bonchev–Trinajstić information content (AvgIpc) is 3.54. The van der Waals surface area contributed by atoms with Gasteiger partial charge in [-0.05, 0) is 57.2 Å². The van der Waals surface area contributed by atoms with Gasteiger partial charge in [-0.15, -0.1) is 0 Å². The molecule has 3 heterocycles. The number of halogens is 1. The first-order valence-corrected chi connectivity index (χ1v) is 11.1. The average molecular weight is 413 g/mol. The highest BCUT2D eigenvalue weighted by atomic mass is 19.1. The van der Waals surface area contributed by atoms with Crippen molar-refractivity contribution >= 4 is 16.8 Å². The minimum atomic E-state index is -0.821. The summed E-state index contributed by atoms with van der Waals surface area (Å²) < 4.78 is 14.7. The highest BCUT2D eigenvalue weighted by molar-refractivity contribution is 5.80. The number of alkyl halides is 1. The first-order valence-electron chi connectivity index (χ1n) is 11.1. The molecule has 5 rings (SSSR count). The normalized spacial score (nSPS) is 22.8. The number of nitrogens with one attached hydrogen (secondary N) is 1. The molecule has 8 heteroatoms. The Morgan fingerprint density at radius 2 is 2.00 bits per heavy atom. The number of aromatic nitrogens is 3. The zero-order valence-corrected chi connectivity index (χ0v) is 17.1. The Hall–Kier alpha value is -2.35. The lowest BCUT2D eigenvalue weighted by Crippen LogP contribution is -2.53. The monoisotopic (exact) mass is 413 g/mol. The topological polar surface area (TPSA) is 80.1 Å². The van der Waals surface area contributed by atoms with E-state index in [0.717, 1.165) is 49.1 Å². The number of nitrogens with zero attached hydrogens (tertiary/aromatic N) is 4. The third-order valence-electron chi connectivity index (χ3n) is 6.72. The number of fused-ring (bicyclic) bond motifs is 1. The second-order valence-corrected chi connectivity index (χ2v) is 8.94. The van der Waals surface area contributed by atoms with Gasteiger partial charge in [0, 0.05) is 30.2 Å². The first kappa shape index (κ1) is 19.6. The van der Waals surface area contributed by atoms with Crippen LogP contribution in [0.1, 0.15) is 62.3 Å². The predicted molar refractivity (Wildman–Crippen MR) is 111 cm³/mol. The number of hydrogen-bond acceptors (Lipinski definition) is 5. The van der Waals surface area contributed by atoms with Gasteiger partial charge in [0.25, 0.3) is 5.56 Å². The van der Waals surface area contributed by atoms with E-state index in [1.807, 2.05) is 6.07 Å². The van der Waals surface area contributed by atoms with E-state index in [1.165, 1.54) is 19.3 Å². The van der Waals surface area contributed by atoms with Crippen LogP contribution >= 0.6 is 0 Å². The maximum absolute atomic E-state index is 13.7. The maximum atomic E-state index is 13.7. The number of piperidine rings is 1. The van der Waals surface area contributed by atoms with E-state index in [-0.39, 0.29) is 24.2 Å². The van der Waals surface area contributed by atoms with Crippen molar-refractivity contribution in [2.45, 2.75) is 76.2 Å². The fraction of sp³-hybridized carbons (Fsp3) is 0.636. The Bertz CT molecular complexity index is 1010. The van der Waals surface area contributed by atoms with E-state index >= 15 is 0 Å². The third-order valence-corrected chi connectivity index (χ3v) is 6.72. The van der Waals surface area contributed by atoms with Gasteiger partial charge in [0.05, 0.1) is 5.39 Å². The number of pyridine rings is 1. The first-order chi connectivity index (χ1) is 14.6. The van der Waals surface area contributed by atoms with Gasteiger partial charge in [-0.25, -0.2) is 9.07 Å². The van der Waals surface area contributed by atoms with Crippen molar-refractivity contribution in [3.63, 3.8) is 0 Å². The van der Waals surface area contributed by atoms with Crippen LogP contribution in [0.15, 0.2) is 16.9 Å². The molecule has 1 atom stereocenters. The lowest BCUT2D eigenvalue weighted by molar-refractivity contribution is -0.123. The Labute approximate surface area is 174 Å². The summed E-state index contributed by atoms with van der Waals surface area (Å²) in [5.41, 5.74) is 0.940. The van der Waals surface area contributed by atoms with Crippen LogP contribution in [0.2, 0.25) is 0 Å². The summed E-state index contributed by atoms with van der Waals surface area (Å²) in [4.78, 5) is 32.5. The molecule has 2 aromatic rings. The molecular formula is C22H28FN5O2. The number of carbonyl (C=O) groups is 1. The quantitative estimate of drug-likeness (QED) is 0.786. The van der Waals surface area contributed by atoms with Crippen LogP contribution < -0.4 is 10.9 Å². The van der Waals surface area contributed by atoms with Crippen LogP contribution in [0.4, 0.5) is 4.39 Å². The summed E-state index contributed by atoms with van der Waals surface area (Å²) in [6, 6.07) is 4.29. The third kappa shape index (κ3) is 3.85. The fourth-order valence-corrected chi connectivity index (χ4v) is 4.67. The predicted octanol–water partition coefficient (Wildman–Crippen LogP) is 2.27. The molecule has 3 aliphatic rings. The number of likely N-dealkylation sites (tertiary alicyclic amines) is 1. The van der Waals surface area contributed by atoms with Crippen LogP contribution in [0.5, 0.6) is 0 Å². The summed E-state index contributed by atoms with van der Waals surface area (Å²) in [7, 11) is 0. The fourth-order valence-electron chi connectivity index (χ4n) is 4.67. The molecular weight excluding hydrogens is 385 g/mol. The van der Waals surface area contributed by atoms with E-state index in [9.17, 15) is 14.0 Å². The number of rotatable bonds is 6. The van der Waals surface area contributed by atoms with Crippen LogP contribution in [0, 0.1) is 0 Å². The summed E-state index contributed by atoms with van der Waals surface area (Å²) in [5.74, 6) is 0.154.